The molecule has 0 aliphatic heterocycles. The Kier molecular flexibility index (Phi) is 3.79. The molecule has 0 aliphatic carbocycles. The number of hydrogen-bond donors (Lipinski definition) is 0. The average molecular weight is 144 g/mol. The van der Waals surface area contributed by atoms with Gasteiger partial charge < -0.3 is 4.90 Å². The Morgan fingerprint density at radius 1 is 1.60 bits per heavy atom. The van der Waals surface area contributed by atoms with Gasteiger partial charge in [-0.05, 0) is 21.0 Å². The lowest BCUT2D eigenvalue weighted by atomic mass is 10.2. The van der Waals surface area contributed by atoms with E-state index in [0.717, 1.165) is 0 Å². The molecule has 4 heteroatoms. The zero-order valence-corrected chi connectivity index (χ0v) is 6.50. The lowest BCUT2D eigenvalue weighted by Gasteiger charge is -2.11. The third-order valence-electron chi connectivity index (χ3n) is 1.13. The van der Waals surface area contributed by atoms with Gasteiger partial charge in [0, 0.05) is 6.54 Å². The molecular formula is C6H12N2O2. The molecule has 0 aromatic rings. The van der Waals surface area contributed by atoms with Crippen molar-refractivity contribution in [3.8, 4) is 0 Å². The fourth-order valence-electron chi connectivity index (χ4n) is 0.582. The molecule has 0 aromatic carbocycles. The molecule has 0 N–H and O–H groups in total. The zero-order valence-electron chi connectivity index (χ0n) is 6.50. The Balaban J connectivity index is 3.83. The molecular weight excluding hydrogens is 132 g/mol. The van der Waals surface area contributed by atoms with Gasteiger partial charge in [-0.3, -0.25) is 4.79 Å². The third-order valence-corrected chi connectivity index (χ3v) is 1.13. The van der Waals surface area contributed by atoms with Gasteiger partial charge in [-0.25, -0.2) is 0 Å². The van der Waals surface area contributed by atoms with Crippen LogP contribution in [0.4, 0.5) is 0 Å². The second kappa shape index (κ2) is 4.11. The highest BCUT2D eigenvalue weighted by atomic mass is 16.3. The second-order valence-electron chi connectivity index (χ2n) is 2.49. The summed E-state index contributed by atoms with van der Waals surface area (Å²) in [6, 6.07) is -0.699. The van der Waals surface area contributed by atoms with Crippen molar-refractivity contribution in [3.63, 3.8) is 0 Å². The number of rotatable bonds is 4. The van der Waals surface area contributed by atoms with E-state index in [-0.39, 0.29) is 5.78 Å². The predicted molar refractivity (Wildman–Crippen MR) is 38.8 cm³/mol. The van der Waals surface area contributed by atoms with Crippen molar-refractivity contribution in [3.05, 3.63) is 4.91 Å². The maximum absolute atomic E-state index is 10.6. The fraction of sp³-hybridized carbons (Fsp3) is 0.833. The van der Waals surface area contributed by atoms with Crippen LogP contribution in [0.5, 0.6) is 0 Å². The lowest BCUT2D eigenvalue weighted by molar-refractivity contribution is -0.118. The van der Waals surface area contributed by atoms with E-state index >= 15 is 0 Å². The minimum absolute atomic E-state index is 0.177. The van der Waals surface area contributed by atoms with Crippen LogP contribution in [0.25, 0.3) is 0 Å². The molecule has 10 heavy (non-hydrogen) atoms. The molecule has 0 fully saturated rings. The van der Waals surface area contributed by atoms with Crippen molar-refractivity contribution in [2.24, 2.45) is 5.18 Å². The monoisotopic (exact) mass is 144 g/mol. The molecule has 0 bridgehead atoms. The number of carbonyl (C=O) groups excluding carboxylic acids is 1. The van der Waals surface area contributed by atoms with E-state index in [0.29, 0.717) is 6.54 Å². The summed E-state index contributed by atoms with van der Waals surface area (Å²) >= 11 is 0. The molecule has 0 saturated heterocycles. The summed E-state index contributed by atoms with van der Waals surface area (Å²) < 4.78 is 0. The third kappa shape index (κ3) is 3.29. The normalized spacial score (nSPS) is 13.2. The summed E-state index contributed by atoms with van der Waals surface area (Å²) in [5, 5.41) is 2.69. The number of nitroso groups, excluding NO2 is 1. The van der Waals surface area contributed by atoms with Crippen molar-refractivity contribution in [1.82, 2.24) is 4.90 Å². The molecule has 4 nitrogen and oxygen atoms in total. The molecule has 0 saturated carbocycles. The first kappa shape index (κ1) is 9.23. The predicted octanol–water partition coefficient (Wildman–Crippen LogP) is 0.272. The number of nitrogens with zero attached hydrogens (tertiary/aromatic N) is 2. The first-order valence-corrected chi connectivity index (χ1v) is 3.05. The summed E-state index contributed by atoms with van der Waals surface area (Å²) in [5.74, 6) is -0.177. The second-order valence-corrected chi connectivity index (χ2v) is 2.49. The van der Waals surface area contributed by atoms with Gasteiger partial charge in [-0.1, -0.05) is 5.18 Å². The summed E-state index contributed by atoms with van der Waals surface area (Å²) in [6.07, 6.45) is 0. The van der Waals surface area contributed by atoms with Crippen LogP contribution in [0, 0.1) is 4.91 Å². The minimum atomic E-state index is -0.699. The van der Waals surface area contributed by atoms with Crippen LogP contribution >= 0.6 is 0 Å². The van der Waals surface area contributed by atoms with Gasteiger partial charge in [-0.15, -0.1) is 4.91 Å². The number of hydrogen-bond acceptors (Lipinski definition) is 4. The molecule has 0 spiro atoms. The Bertz CT molecular complexity index is 134. The molecule has 58 valence electrons. The maximum atomic E-state index is 10.6. The molecule has 0 aromatic heterocycles. The van der Waals surface area contributed by atoms with Gasteiger partial charge >= 0.3 is 0 Å². The Labute approximate surface area is 60.2 Å². The van der Waals surface area contributed by atoms with E-state index in [2.05, 4.69) is 5.18 Å². The van der Waals surface area contributed by atoms with Gasteiger partial charge in [0.05, 0.1) is 0 Å². The van der Waals surface area contributed by atoms with Crippen molar-refractivity contribution in [2.45, 2.75) is 13.0 Å². The van der Waals surface area contributed by atoms with Gasteiger partial charge in [0.25, 0.3) is 0 Å². The van der Waals surface area contributed by atoms with Crippen molar-refractivity contribution < 1.29 is 4.79 Å². The van der Waals surface area contributed by atoms with Gasteiger partial charge in [0.15, 0.2) is 11.8 Å². The standard InChI is InChI=1S/C6H12N2O2/c1-5(9)6(7-10)4-8(2)3/h6H,4H2,1-3H3. The summed E-state index contributed by atoms with van der Waals surface area (Å²) in [4.78, 5) is 22.3. The highest BCUT2D eigenvalue weighted by molar-refractivity contribution is 5.81. The molecule has 1 atom stereocenters. The van der Waals surface area contributed by atoms with Crippen molar-refractivity contribution >= 4 is 5.78 Å². The van der Waals surface area contributed by atoms with E-state index in [1.165, 1.54) is 6.92 Å². The van der Waals surface area contributed by atoms with E-state index in [9.17, 15) is 9.70 Å². The van der Waals surface area contributed by atoms with E-state index in [1.807, 2.05) is 0 Å². The molecule has 1 unspecified atom stereocenters. The van der Waals surface area contributed by atoms with Crippen LogP contribution in [-0.2, 0) is 4.79 Å². The first-order chi connectivity index (χ1) is 4.57. The van der Waals surface area contributed by atoms with Gasteiger partial charge in [0.2, 0.25) is 0 Å². The SMILES string of the molecule is CC(=O)C(CN(C)C)N=O. The van der Waals surface area contributed by atoms with Crippen LogP contribution in [-0.4, -0.2) is 37.4 Å². The number of carbonyl (C=O) groups is 1. The Morgan fingerprint density at radius 3 is 2.20 bits per heavy atom. The zero-order chi connectivity index (χ0) is 8.15. The lowest BCUT2D eigenvalue weighted by Crippen LogP contribution is -2.29. The highest BCUT2D eigenvalue weighted by Gasteiger charge is 2.14. The van der Waals surface area contributed by atoms with Gasteiger partial charge in [0.1, 0.15) is 0 Å². The van der Waals surface area contributed by atoms with Crippen LogP contribution in [0.15, 0.2) is 5.18 Å². The number of ketones is 1. The van der Waals surface area contributed by atoms with Crippen LogP contribution in [0.3, 0.4) is 0 Å². The van der Waals surface area contributed by atoms with E-state index in [4.69, 9.17) is 0 Å². The fourth-order valence-corrected chi connectivity index (χ4v) is 0.582. The Morgan fingerprint density at radius 2 is 2.10 bits per heavy atom. The van der Waals surface area contributed by atoms with Crippen molar-refractivity contribution in [2.75, 3.05) is 20.6 Å². The smallest absolute Gasteiger partial charge is 0.162 e. The average Bonchev–Trinajstić information content (AvgIpc) is 1.81. The molecule has 0 heterocycles. The topological polar surface area (TPSA) is 49.7 Å². The van der Waals surface area contributed by atoms with Crippen LogP contribution in [0.1, 0.15) is 6.92 Å². The molecule has 0 amide bonds. The summed E-state index contributed by atoms with van der Waals surface area (Å²) in [7, 11) is 3.59. The Hall–Kier alpha value is -0.770. The number of Topliss-reactive ketones (excluding diaryl/α,β-unsaturated/α-hetero) is 1. The summed E-state index contributed by atoms with van der Waals surface area (Å²) in [6.45, 7) is 1.77. The highest BCUT2D eigenvalue weighted by Crippen LogP contribution is 1.93. The molecule has 0 radical (unpaired) electrons. The van der Waals surface area contributed by atoms with E-state index < -0.39 is 6.04 Å². The van der Waals surface area contributed by atoms with Crippen molar-refractivity contribution in [1.29, 1.82) is 0 Å². The van der Waals surface area contributed by atoms with Crippen LogP contribution < -0.4 is 0 Å². The minimum Gasteiger partial charge on any atom is -0.307 e. The maximum Gasteiger partial charge on any atom is 0.162 e. The molecule has 0 rings (SSSR count). The number of likely N-dealkylation sites (N-methyl/N-ethyl adjacent to an activating group) is 1. The first-order valence-electron chi connectivity index (χ1n) is 3.05. The quantitative estimate of drug-likeness (QED) is 0.532. The largest absolute Gasteiger partial charge is 0.307 e. The van der Waals surface area contributed by atoms with Gasteiger partial charge in [-0.2, -0.15) is 0 Å². The summed E-state index contributed by atoms with van der Waals surface area (Å²) in [5.41, 5.74) is 0. The van der Waals surface area contributed by atoms with E-state index in [1.54, 1.807) is 19.0 Å². The van der Waals surface area contributed by atoms with Crippen LogP contribution in [0.2, 0.25) is 0 Å². The molecule has 0 aliphatic rings.